The number of allylic oxidation sites excluding steroid dienone is 14. The Morgan fingerprint density at radius 3 is 2.23 bits per heavy atom. The van der Waals surface area contributed by atoms with Crippen molar-refractivity contribution in [1.29, 1.82) is 0 Å². The molecule has 0 nitrogen and oxygen atoms in total. The first kappa shape index (κ1) is 49.4. The summed E-state index contributed by atoms with van der Waals surface area (Å²) in [7, 11) is 0. The number of benzene rings is 5. The van der Waals surface area contributed by atoms with Gasteiger partial charge in [0.2, 0.25) is 0 Å². The van der Waals surface area contributed by atoms with E-state index in [4.69, 9.17) is 0 Å². The number of hydrogen-bond acceptors (Lipinski definition) is 0. The largest absolute Gasteiger partial charge is 0.0879 e. The van der Waals surface area contributed by atoms with Crippen LogP contribution in [-0.2, 0) is 0 Å². The minimum absolute atomic E-state index is 0.216. The molecule has 2 bridgehead atoms. The third-order valence-electron chi connectivity index (χ3n) is 18.8. The molecule has 71 heavy (non-hydrogen) atoms. The first-order chi connectivity index (χ1) is 34.1. The van der Waals surface area contributed by atoms with Gasteiger partial charge in [-0.2, -0.15) is 0 Å². The molecule has 0 radical (unpaired) electrons. The van der Waals surface area contributed by atoms with E-state index >= 15 is 0 Å². The van der Waals surface area contributed by atoms with Crippen molar-refractivity contribution in [2.75, 3.05) is 0 Å². The van der Waals surface area contributed by atoms with E-state index in [0.717, 1.165) is 19.3 Å². The van der Waals surface area contributed by atoms with Crippen LogP contribution in [-0.4, -0.2) is 0 Å². The molecule has 368 valence electrons. The summed E-state index contributed by atoms with van der Waals surface area (Å²) in [4.78, 5) is 0. The molecule has 1 fully saturated rings. The predicted octanol–water partition coefficient (Wildman–Crippen LogP) is 20.4. The van der Waals surface area contributed by atoms with Crippen molar-refractivity contribution in [3.05, 3.63) is 202 Å². The monoisotopic (exact) mass is 937 g/mol. The van der Waals surface area contributed by atoms with Crippen molar-refractivity contribution in [2.24, 2.45) is 51.8 Å². The third-order valence-corrected chi connectivity index (χ3v) is 18.8. The number of rotatable bonds is 10. The quantitative estimate of drug-likeness (QED) is 0.0967. The Balaban J connectivity index is 1.04. The van der Waals surface area contributed by atoms with Gasteiger partial charge in [0, 0.05) is 17.8 Å². The second-order valence-electron chi connectivity index (χ2n) is 25.6. The fourth-order valence-corrected chi connectivity index (χ4v) is 13.9. The van der Waals surface area contributed by atoms with Gasteiger partial charge in [0.15, 0.2) is 0 Å². The molecule has 0 heteroatoms. The fourth-order valence-electron chi connectivity index (χ4n) is 13.9. The minimum atomic E-state index is 0.216. The molecule has 0 aromatic heterocycles. The zero-order valence-corrected chi connectivity index (χ0v) is 45.2. The van der Waals surface area contributed by atoms with Crippen LogP contribution in [0.3, 0.4) is 0 Å². The normalized spacial score (nSPS) is 26.7. The summed E-state index contributed by atoms with van der Waals surface area (Å²) < 4.78 is 0. The van der Waals surface area contributed by atoms with Crippen LogP contribution in [0.2, 0.25) is 0 Å². The van der Waals surface area contributed by atoms with E-state index in [1.165, 1.54) is 111 Å². The van der Waals surface area contributed by atoms with Crippen LogP contribution < -0.4 is 0 Å². The Hall–Kier alpha value is -5.20. The van der Waals surface area contributed by atoms with Crippen LogP contribution in [0.4, 0.5) is 0 Å². The van der Waals surface area contributed by atoms with Crippen LogP contribution in [0.15, 0.2) is 180 Å². The summed E-state index contributed by atoms with van der Waals surface area (Å²) in [5, 5.41) is 5.42. The Morgan fingerprint density at radius 1 is 0.732 bits per heavy atom. The fraction of sp³-hybridized carbons (Fsp3) is 0.437. The first-order valence-corrected chi connectivity index (χ1v) is 28.0. The van der Waals surface area contributed by atoms with Crippen LogP contribution in [0, 0.1) is 51.8 Å². The second kappa shape index (κ2) is 20.0. The van der Waals surface area contributed by atoms with Gasteiger partial charge in [-0.3, -0.25) is 0 Å². The summed E-state index contributed by atoms with van der Waals surface area (Å²) in [6.07, 6.45) is 33.0. The van der Waals surface area contributed by atoms with Gasteiger partial charge >= 0.3 is 0 Å². The molecular formula is C71H84. The number of unbranched alkanes of at least 4 members (excludes halogenated alkanes) is 1. The zero-order valence-electron chi connectivity index (χ0n) is 45.2. The molecule has 5 aliphatic rings. The Labute approximate surface area is 429 Å². The highest BCUT2D eigenvalue weighted by Crippen LogP contribution is 2.59. The van der Waals surface area contributed by atoms with Gasteiger partial charge < -0.3 is 0 Å². The number of fused-ring (bicyclic) bond motifs is 8. The van der Waals surface area contributed by atoms with Gasteiger partial charge in [-0.1, -0.05) is 237 Å². The van der Waals surface area contributed by atoms with Gasteiger partial charge in [0.1, 0.15) is 0 Å². The van der Waals surface area contributed by atoms with Crippen LogP contribution in [0.25, 0.3) is 32.7 Å². The minimum Gasteiger partial charge on any atom is -0.0879 e. The Morgan fingerprint density at radius 2 is 1.45 bits per heavy atom. The van der Waals surface area contributed by atoms with Gasteiger partial charge in [0.05, 0.1) is 0 Å². The summed E-state index contributed by atoms with van der Waals surface area (Å²) in [6, 6.07) is 42.3. The average Bonchev–Trinajstić information content (AvgIpc) is 3.66. The van der Waals surface area contributed by atoms with Gasteiger partial charge in [0.25, 0.3) is 0 Å². The lowest BCUT2D eigenvalue weighted by atomic mass is 9.60. The van der Waals surface area contributed by atoms with E-state index in [0.29, 0.717) is 35.5 Å². The second-order valence-corrected chi connectivity index (χ2v) is 25.6. The maximum atomic E-state index is 2.68. The van der Waals surface area contributed by atoms with Crippen molar-refractivity contribution in [3.63, 3.8) is 0 Å². The summed E-state index contributed by atoms with van der Waals surface area (Å²) in [5.41, 5.74) is 15.8. The van der Waals surface area contributed by atoms with Crippen LogP contribution >= 0.6 is 0 Å². The zero-order chi connectivity index (χ0) is 49.7. The maximum absolute atomic E-state index is 2.68. The highest BCUT2D eigenvalue weighted by atomic mass is 14.5. The number of hydrogen-bond donors (Lipinski definition) is 0. The summed E-state index contributed by atoms with van der Waals surface area (Å²) in [6.45, 7) is 24.3. The molecule has 5 aromatic rings. The first-order valence-electron chi connectivity index (χ1n) is 28.0. The Bertz CT molecular complexity index is 2980. The molecule has 10 rings (SSSR count). The molecule has 0 aliphatic heterocycles. The van der Waals surface area contributed by atoms with Gasteiger partial charge in [-0.05, 0) is 177 Å². The van der Waals surface area contributed by atoms with Crippen LogP contribution in [0.1, 0.15) is 168 Å². The molecular weight excluding hydrogens is 853 g/mol. The molecule has 5 aliphatic carbocycles. The molecule has 0 N–H and O–H groups in total. The molecule has 8 unspecified atom stereocenters. The molecule has 0 saturated heterocycles. The third kappa shape index (κ3) is 10.0. The summed E-state index contributed by atoms with van der Waals surface area (Å²) in [5.74, 6) is 3.80. The van der Waals surface area contributed by atoms with E-state index in [1.54, 1.807) is 11.1 Å². The maximum Gasteiger partial charge on any atom is 0.0116 e. The standard InChI is InChI=1S/C71H84/c1-47(69(3,4)5)41-42-71(9,10)66-45-56(70(6,7)8)39-37-52(66)26-13-11-12-23-49-38-40-62-67(55-31-20-30-53(43-55)48(49)2)65(60-35-21-28-50-24-14-17-32-57(50)60)46-63-59-34-19-16-27-54(59)44-64(63)68(62)61-36-22-29-51-25-15-18-33-58(51)61/h12,14-15,17-18,20-25,28-41,43,48-49,52,54,56,63,65-66H,11,13,16,19,26-27,42,44-46H2,1-10H3/b23-12-,40-38+,47-41+. The van der Waals surface area contributed by atoms with Gasteiger partial charge in [-0.25, -0.2) is 0 Å². The van der Waals surface area contributed by atoms with Crippen molar-refractivity contribution >= 4 is 32.7 Å². The molecule has 0 amide bonds. The molecule has 8 atom stereocenters. The van der Waals surface area contributed by atoms with Crippen LogP contribution in [0.5, 0.6) is 0 Å². The van der Waals surface area contributed by atoms with E-state index < -0.39 is 0 Å². The van der Waals surface area contributed by atoms with Crippen molar-refractivity contribution in [3.8, 4) is 0 Å². The molecule has 0 heterocycles. The average molecular weight is 937 g/mol. The van der Waals surface area contributed by atoms with Crippen molar-refractivity contribution in [1.82, 2.24) is 0 Å². The lowest BCUT2D eigenvalue weighted by molar-refractivity contribution is 0.0938. The van der Waals surface area contributed by atoms with E-state index in [1.807, 2.05) is 0 Å². The molecule has 0 spiro atoms. The summed E-state index contributed by atoms with van der Waals surface area (Å²) >= 11 is 0. The molecule has 1 saturated carbocycles. The topological polar surface area (TPSA) is 0 Å². The smallest absolute Gasteiger partial charge is 0.0116 e. The Kier molecular flexibility index (Phi) is 13.9. The van der Waals surface area contributed by atoms with Gasteiger partial charge in [-0.15, -0.1) is 0 Å². The lowest BCUT2D eigenvalue weighted by Gasteiger charge is -2.45. The SMILES string of the molecule is C/C(=C\CC(C)(C)C1CC(C(C)(C)C)C=CC1CCC/C=C\C1/C=C/C2=C(c3cccc(c3)C1C)C(c1cccc3ccccc13)CC1C3=CCCCC3CC1=C2c1cccc2ccccc12)C(C)(C)C. The lowest BCUT2D eigenvalue weighted by Crippen LogP contribution is -2.36. The van der Waals surface area contributed by atoms with E-state index in [9.17, 15) is 0 Å². The molecule has 5 aromatic carbocycles. The van der Waals surface area contributed by atoms with Crippen molar-refractivity contribution in [2.45, 2.75) is 145 Å². The van der Waals surface area contributed by atoms with E-state index in [-0.39, 0.29) is 28.1 Å². The highest BCUT2D eigenvalue weighted by Gasteiger charge is 2.44. The predicted molar refractivity (Wildman–Crippen MR) is 308 cm³/mol. The highest BCUT2D eigenvalue weighted by molar-refractivity contribution is 6.05. The van der Waals surface area contributed by atoms with Crippen molar-refractivity contribution < 1.29 is 0 Å². The van der Waals surface area contributed by atoms with E-state index in [2.05, 4.69) is 227 Å².